The molecular weight excluding hydrogens is 1170 g/mol. The Balaban J connectivity index is 0.656. The number of fused-ring (bicyclic) bond motifs is 1. The Morgan fingerprint density at radius 1 is 0.852 bits per heavy atom. The lowest BCUT2D eigenvalue weighted by Crippen LogP contribution is -2.60. The summed E-state index contributed by atoms with van der Waals surface area (Å²) < 4.78 is 69.2. The lowest BCUT2D eigenvalue weighted by Gasteiger charge is -2.41. The summed E-state index contributed by atoms with van der Waals surface area (Å²) in [5.74, 6) is 1.20. The highest BCUT2D eigenvalue weighted by molar-refractivity contribution is 7.92. The molecule has 0 radical (unpaired) electrons. The smallest absolute Gasteiger partial charge is 0.241 e. The summed E-state index contributed by atoms with van der Waals surface area (Å²) in [6.45, 7) is 25.6. The van der Waals surface area contributed by atoms with E-state index in [0.717, 1.165) is 80.2 Å². The molecule has 0 unspecified atom stereocenters. The van der Waals surface area contributed by atoms with Crippen molar-refractivity contribution in [2.45, 2.75) is 114 Å². The molecule has 8 rings (SSSR count). The van der Waals surface area contributed by atoms with E-state index in [1.165, 1.54) is 23.9 Å². The molecule has 4 N–H and O–H groups in total. The van der Waals surface area contributed by atoms with E-state index in [4.69, 9.17) is 40.3 Å². The summed E-state index contributed by atoms with van der Waals surface area (Å²) >= 11 is 6.53. The number of anilines is 5. The number of ether oxygens (including phenoxy) is 5. The number of nitrogens with zero attached hydrogens (tertiary/aromatic N) is 7. The monoisotopic (exact) mass is 1260 g/mol. The van der Waals surface area contributed by atoms with Gasteiger partial charge >= 0.3 is 0 Å². The second-order valence-electron chi connectivity index (χ2n) is 24.5. The van der Waals surface area contributed by atoms with Crippen molar-refractivity contribution in [3.8, 4) is 5.75 Å². The first-order chi connectivity index (χ1) is 42.1. The van der Waals surface area contributed by atoms with Gasteiger partial charge in [-0.2, -0.15) is 4.98 Å². The quantitative estimate of drug-likeness (QED) is 0.0298. The normalized spacial score (nSPS) is 17.5. The van der Waals surface area contributed by atoms with Gasteiger partial charge in [0.2, 0.25) is 17.8 Å². The first kappa shape index (κ1) is 68.0. The predicted octanol–water partition coefficient (Wildman–Crippen LogP) is 8.30. The molecule has 480 valence electrons. The summed E-state index contributed by atoms with van der Waals surface area (Å²) in [5, 5.41) is 12.6. The van der Waals surface area contributed by atoms with Gasteiger partial charge < -0.3 is 54.8 Å². The predicted molar refractivity (Wildman–Crippen MR) is 343 cm³/mol. The van der Waals surface area contributed by atoms with Gasteiger partial charge in [0.15, 0.2) is 15.7 Å². The zero-order valence-electron chi connectivity index (χ0n) is 52.7. The van der Waals surface area contributed by atoms with Crippen LogP contribution in [0.2, 0.25) is 5.02 Å². The zero-order valence-corrected chi connectivity index (χ0v) is 54.3. The van der Waals surface area contributed by atoms with Gasteiger partial charge in [0.05, 0.1) is 111 Å². The van der Waals surface area contributed by atoms with Crippen LogP contribution in [0.3, 0.4) is 0 Å². The third kappa shape index (κ3) is 19.3. The fourth-order valence-corrected chi connectivity index (χ4v) is 12.7. The minimum Gasteiger partial charge on any atom is -0.489 e. The third-order valence-corrected chi connectivity index (χ3v) is 18.6. The number of aromatic nitrogens is 3. The van der Waals surface area contributed by atoms with E-state index in [1.807, 2.05) is 31.0 Å². The van der Waals surface area contributed by atoms with Crippen molar-refractivity contribution in [1.82, 2.24) is 40.3 Å². The number of para-hydroxylation sites is 1. The molecule has 5 heterocycles. The van der Waals surface area contributed by atoms with E-state index in [9.17, 15) is 22.4 Å². The second kappa shape index (κ2) is 32.2. The molecule has 2 aromatic heterocycles. The van der Waals surface area contributed by atoms with Crippen LogP contribution in [0.5, 0.6) is 5.75 Å². The molecule has 0 aliphatic carbocycles. The van der Waals surface area contributed by atoms with Crippen LogP contribution in [-0.4, -0.2) is 199 Å². The number of nitrogens with one attached hydrogen (secondary N) is 4. The Bertz CT molecular complexity index is 3210. The van der Waals surface area contributed by atoms with E-state index in [1.54, 1.807) is 50.2 Å². The summed E-state index contributed by atoms with van der Waals surface area (Å²) in [5.41, 5.74) is 6.81. The summed E-state index contributed by atoms with van der Waals surface area (Å²) in [4.78, 5) is 49.8. The van der Waals surface area contributed by atoms with Crippen LogP contribution < -0.4 is 30.9 Å². The van der Waals surface area contributed by atoms with E-state index >= 15 is 0 Å². The number of aryl methyl sites for hydroxylation is 1. The molecule has 0 spiro atoms. The van der Waals surface area contributed by atoms with E-state index in [2.05, 4.69) is 92.8 Å². The maximum absolute atomic E-state index is 14.1. The number of amides is 2. The van der Waals surface area contributed by atoms with Gasteiger partial charge in [-0.15, -0.1) is 0 Å². The molecule has 3 aliphatic heterocycles. The lowest BCUT2D eigenvalue weighted by atomic mass is 9.86. The number of hydrogen-bond acceptors (Lipinski definition) is 18. The van der Waals surface area contributed by atoms with Crippen molar-refractivity contribution in [2.75, 3.05) is 141 Å². The van der Waals surface area contributed by atoms with Crippen molar-refractivity contribution in [3.05, 3.63) is 118 Å². The highest BCUT2D eigenvalue weighted by atomic mass is 35.5. The van der Waals surface area contributed by atoms with E-state index in [-0.39, 0.29) is 68.8 Å². The second-order valence-corrected chi connectivity index (χ2v) is 27.4. The largest absolute Gasteiger partial charge is 0.489 e. The van der Waals surface area contributed by atoms with Gasteiger partial charge in [-0.05, 0) is 152 Å². The Kier molecular flexibility index (Phi) is 24.9. The fourth-order valence-electron chi connectivity index (χ4n) is 11.4. The highest BCUT2D eigenvalue weighted by Gasteiger charge is 2.41. The molecule has 5 aromatic rings. The number of benzene rings is 3. The lowest BCUT2D eigenvalue weighted by molar-refractivity contribution is -0.123. The fraction of sp³-hybridized carbons (Fsp3) is 0.554. The molecule has 2 amide bonds. The van der Waals surface area contributed by atoms with Gasteiger partial charge in [0.25, 0.3) is 0 Å². The van der Waals surface area contributed by atoms with Crippen LogP contribution in [0.4, 0.5) is 33.2 Å². The van der Waals surface area contributed by atoms with Crippen LogP contribution in [-0.2, 0) is 50.2 Å². The van der Waals surface area contributed by atoms with Crippen LogP contribution in [0.25, 0.3) is 0 Å². The Labute approximate surface area is 524 Å². The SMILES string of the molecule is Cc1cc(Nc2ncc(Cl)c(Nc3ccccc3S(=O)(=O)C(C)C)n2)c(OC(C)C)cc1C1CCN(CC(=O)NCCOCCOCCOCCOCCN(C)C[C@H]2CN[C@H](C)CN2CC(=O)N2CC(C)(C)c3ncc(Cc4ccc(F)cc4)cc32)CC1. The first-order valence-electron chi connectivity index (χ1n) is 30.8. The number of hydrogen-bond donors (Lipinski definition) is 4. The molecule has 0 saturated carbocycles. The molecule has 2 fully saturated rings. The van der Waals surface area contributed by atoms with Gasteiger partial charge in [0, 0.05) is 63.0 Å². The molecular formula is C65H91ClFN11O9S. The number of carbonyl (C=O) groups is 2. The highest BCUT2D eigenvalue weighted by Crippen LogP contribution is 2.41. The summed E-state index contributed by atoms with van der Waals surface area (Å²) in [6, 6.07) is 19.8. The van der Waals surface area contributed by atoms with Crippen molar-refractivity contribution < 1.29 is 46.1 Å². The van der Waals surface area contributed by atoms with Gasteiger partial charge in [-0.3, -0.25) is 24.4 Å². The molecule has 2 saturated heterocycles. The molecule has 23 heteroatoms. The van der Waals surface area contributed by atoms with Gasteiger partial charge in [0.1, 0.15) is 16.6 Å². The van der Waals surface area contributed by atoms with Gasteiger partial charge in [-0.25, -0.2) is 17.8 Å². The maximum atomic E-state index is 14.1. The Hall–Kier alpha value is -5.92. The summed E-state index contributed by atoms with van der Waals surface area (Å²) in [6.07, 6.45) is 5.61. The number of halogens is 2. The Morgan fingerprint density at radius 2 is 1.53 bits per heavy atom. The number of pyridine rings is 1. The van der Waals surface area contributed by atoms with Crippen LogP contribution >= 0.6 is 11.6 Å². The van der Waals surface area contributed by atoms with Gasteiger partial charge in [-0.1, -0.05) is 49.7 Å². The number of sulfone groups is 1. The topological polar surface area (TPSA) is 214 Å². The number of piperazine rings is 1. The van der Waals surface area contributed by atoms with Crippen molar-refractivity contribution >= 4 is 62.1 Å². The summed E-state index contributed by atoms with van der Waals surface area (Å²) in [7, 11) is -1.50. The Morgan fingerprint density at radius 3 is 2.23 bits per heavy atom. The molecule has 2 atom stereocenters. The number of carbonyl (C=O) groups excluding carboxylic acids is 2. The third-order valence-electron chi connectivity index (χ3n) is 16.1. The number of likely N-dealkylation sites (N-methyl/N-ethyl adjacent to an activating group) is 1. The molecule has 0 bridgehead atoms. The minimum atomic E-state index is -3.59. The van der Waals surface area contributed by atoms with Crippen LogP contribution in [0.15, 0.2) is 84.0 Å². The number of rotatable bonds is 32. The molecule has 88 heavy (non-hydrogen) atoms. The molecule has 20 nitrogen and oxygen atoms in total. The average molecular weight is 1260 g/mol. The van der Waals surface area contributed by atoms with Crippen LogP contribution in [0, 0.1) is 12.7 Å². The molecule has 3 aromatic carbocycles. The first-order valence-corrected chi connectivity index (χ1v) is 32.8. The van der Waals surface area contributed by atoms with Crippen molar-refractivity contribution in [2.24, 2.45) is 0 Å². The zero-order chi connectivity index (χ0) is 63.0. The maximum Gasteiger partial charge on any atom is 0.241 e. The van der Waals surface area contributed by atoms with Crippen LogP contribution in [0.1, 0.15) is 95.2 Å². The van der Waals surface area contributed by atoms with E-state index < -0.39 is 15.1 Å². The van der Waals surface area contributed by atoms with Crippen molar-refractivity contribution in [3.63, 3.8) is 0 Å². The molecule has 3 aliphatic rings. The van der Waals surface area contributed by atoms with Crippen molar-refractivity contribution in [1.29, 1.82) is 0 Å². The number of piperidine rings is 1. The average Bonchev–Trinajstić information content (AvgIpc) is 1.69. The minimum absolute atomic E-state index is 0.0360. The van der Waals surface area contributed by atoms with E-state index in [0.29, 0.717) is 103 Å². The standard InChI is InChI=1S/C65H91ClFN11O9S/c1-44(2)87-58-35-53(46(5)32-56(58)73-64-71-38-54(66)63(74-64)72-55-12-10-11-13-59(55)88(81,82)45(3)4)50-18-21-76(22-19-50)41-60(79)68-20-24-83-26-28-85-30-31-86-29-27-84-25-23-75(9)40-52-37-69-47(6)39-77(52)42-61(80)78-43-65(7,8)62-57(78)34-49(36-70-62)33-48-14-16-51(67)17-15-48/h10-17,32,34-36,38,44-45,47,50,52,69H,18-31,33,37,39-43H2,1-9H3,(H,68,79)(H2,71,72,73,74)/t47-,52-/m1/s1. The number of likely N-dealkylation sites (tertiary alicyclic amines) is 1.